The van der Waals surface area contributed by atoms with Crippen LogP contribution in [0.3, 0.4) is 0 Å². The lowest BCUT2D eigenvalue weighted by molar-refractivity contribution is 0.548. The SMILES string of the molecule is CCCCCCCCCCCCCCSSS. The van der Waals surface area contributed by atoms with E-state index in [1.54, 1.807) is 9.83 Å². The average Bonchev–Trinajstić information content (AvgIpc) is 2.35. The molecular formula is C14H30S3. The molecule has 0 N–H and O–H groups in total. The maximum absolute atomic E-state index is 4.11. The molecule has 17 heavy (non-hydrogen) atoms. The zero-order valence-corrected chi connectivity index (χ0v) is 14.0. The highest BCUT2D eigenvalue weighted by atomic mass is 33.5. The van der Waals surface area contributed by atoms with Crippen LogP contribution in [0.4, 0.5) is 0 Å². The number of rotatable bonds is 14. The lowest BCUT2D eigenvalue weighted by Crippen LogP contribution is -1.83. The van der Waals surface area contributed by atoms with Gasteiger partial charge in [0.15, 0.2) is 0 Å². The Morgan fingerprint density at radius 3 is 1.47 bits per heavy atom. The highest BCUT2D eigenvalue weighted by molar-refractivity contribution is 9.05. The van der Waals surface area contributed by atoms with Crippen molar-refractivity contribution in [3.63, 3.8) is 0 Å². The van der Waals surface area contributed by atoms with Crippen LogP contribution < -0.4 is 0 Å². The van der Waals surface area contributed by atoms with Crippen molar-refractivity contribution in [1.82, 2.24) is 0 Å². The zero-order chi connectivity index (χ0) is 12.6. The topological polar surface area (TPSA) is 0 Å². The molecule has 0 amide bonds. The zero-order valence-electron chi connectivity index (χ0n) is 11.5. The van der Waals surface area contributed by atoms with Crippen molar-refractivity contribution in [3.05, 3.63) is 0 Å². The van der Waals surface area contributed by atoms with Crippen LogP contribution in [0.25, 0.3) is 0 Å². The molecule has 0 aliphatic carbocycles. The summed E-state index contributed by atoms with van der Waals surface area (Å²) in [4.78, 5) is 0. The summed E-state index contributed by atoms with van der Waals surface area (Å²) in [5, 5.41) is 0. The molecule has 0 bridgehead atoms. The molecule has 0 unspecified atom stereocenters. The molecular weight excluding hydrogens is 264 g/mol. The van der Waals surface area contributed by atoms with Gasteiger partial charge >= 0.3 is 0 Å². The van der Waals surface area contributed by atoms with Crippen LogP contribution in [-0.2, 0) is 0 Å². The fourth-order valence-corrected chi connectivity index (χ4v) is 3.68. The molecule has 0 aromatic carbocycles. The molecule has 0 aliphatic rings. The van der Waals surface area contributed by atoms with Crippen LogP contribution in [0.5, 0.6) is 0 Å². The molecule has 0 saturated carbocycles. The molecule has 0 rings (SSSR count). The van der Waals surface area contributed by atoms with Crippen LogP contribution in [-0.4, -0.2) is 5.75 Å². The maximum atomic E-state index is 4.11. The van der Waals surface area contributed by atoms with Gasteiger partial charge in [0.2, 0.25) is 0 Å². The van der Waals surface area contributed by atoms with Gasteiger partial charge in [-0.25, -0.2) is 0 Å². The first-order valence-electron chi connectivity index (χ1n) is 7.35. The van der Waals surface area contributed by atoms with E-state index in [-0.39, 0.29) is 0 Å². The molecule has 0 atom stereocenters. The first-order valence-corrected chi connectivity index (χ1v) is 10.7. The van der Waals surface area contributed by atoms with Gasteiger partial charge < -0.3 is 0 Å². The van der Waals surface area contributed by atoms with E-state index in [9.17, 15) is 0 Å². The van der Waals surface area contributed by atoms with Crippen molar-refractivity contribution >= 4 is 32.3 Å². The minimum Gasteiger partial charge on any atom is -0.0997 e. The molecule has 0 fully saturated rings. The molecule has 0 radical (unpaired) electrons. The minimum absolute atomic E-state index is 1.27. The van der Waals surface area contributed by atoms with Gasteiger partial charge in [-0.05, 0) is 16.2 Å². The molecule has 0 aliphatic heterocycles. The van der Waals surface area contributed by atoms with Gasteiger partial charge in [0.1, 0.15) is 0 Å². The van der Waals surface area contributed by atoms with Gasteiger partial charge in [-0.1, -0.05) is 100 Å². The van der Waals surface area contributed by atoms with Crippen LogP contribution in [0, 0.1) is 0 Å². The summed E-state index contributed by atoms with van der Waals surface area (Å²) in [5.74, 6) is 1.27. The van der Waals surface area contributed by atoms with E-state index in [4.69, 9.17) is 0 Å². The molecule has 0 nitrogen and oxygen atoms in total. The number of hydrogen-bond donors (Lipinski definition) is 1. The van der Waals surface area contributed by atoms with E-state index in [2.05, 4.69) is 18.6 Å². The van der Waals surface area contributed by atoms with Crippen molar-refractivity contribution in [3.8, 4) is 0 Å². The van der Waals surface area contributed by atoms with Crippen molar-refractivity contribution in [2.24, 2.45) is 0 Å². The third-order valence-electron chi connectivity index (χ3n) is 3.13. The minimum atomic E-state index is 1.27. The van der Waals surface area contributed by atoms with Gasteiger partial charge in [-0.15, -0.1) is 0 Å². The quantitative estimate of drug-likeness (QED) is 0.210. The fraction of sp³-hybridized carbons (Fsp3) is 1.00. The normalized spacial score (nSPS) is 10.9. The average molecular weight is 295 g/mol. The second-order valence-corrected chi connectivity index (χ2v) is 8.07. The molecule has 3 heteroatoms. The number of hydrogen-bond acceptors (Lipinski definition) is 3. The van der Waals surface area contributed by atoms with Crippen molar-refractivity contribution < 1.29 is 0 Å². The second kappa shape index (κ2) is 17.1. The van der Waals surface area contributed by atoms with Gasteiger partial charge in [-0.2, -0.15) is 0 Å². The summed E-state index contributed by atoms with van der Waals surface area (Å²) in [6.45, 7) is 2.29. The maximum Gasteiger partial charge on any atom is 0.00450 e. The lowest BCUT2D eigenvalue weighted by atomic mass is 10.1. The summed E-state index contributed by atoms with van der Waals surface area (Å²) in [7, 11) is 3.47. The molecule has 0 aromatic rings. The van der Waals surface area contributed by atoms with Gasteiger partial charge in [0.05, 0.1) is 0 Å². The van der Waals surface area contributed by atoms with E-state index >= 15 is 0 Å². The second-order valence-electron chi connectivity index (χ2n) is 4.79. The van der Waals surface area contributed by atoms with E-state index < -0.39 is 0 Å². The third-order valence-corrected chi connectivity index (χ3v) is 5.46. The Morgan fingerprint density at radius 2 is 1.06 bits per heavy atom. The van der Waals surface area contributed by atoms with E-state index in [1.807, 2.05) is 10.8 Å². The van der Waals surface area contributed by atoms with Crippen molar-refractivity contribution in [2.75, 3.05) is 5.75 Å². The van der Waals surface area contributed by atoms with Crippen LogP contribution >= 0.6 is 32.3 Å². The summed E-state index contributed by atoms with van der Waals surface area (Å²) < 4.78 is 0. The number of unbranched alkanes of at least 4 members (excludes halogenated alkanes) is 11. The Balaban J connectivity index is 2.85. The van der Waals surface area contributed by atoms with Gasteiger partial charge in [-0.3, -0.25) is 0 Å². The smallest absolute Gasteiger partial charge is 0.00450 e. The van der Waals surface area contributed by atoms with E-state index in [0.717, 1.165) is 0 Å². The molecule has 0 heterocycles. The Kier molecular flexibility index (Phi) is 18.1. The van der Waals surface area contributed by atoms with Crippen LogP contribution in [0.15, 0.2) is 0 Å². The highest BCUT2D eigenvalue weighted by Gasteiger charge is 1.93. The third kappa shape index (κ3) is 17.1. The van der Waals surface area contributed by atoms with Crippen LogP contribution in [0.2, 0.25) is 0 Å². The highest BCUT2D eigenvalue weighted by Crippen LogP contribution is 2.25. The summed E-state index contributed by atoms with van der Waals surface area (Å²) in [5.41, 5.74) is 0. The predicted molar refractivity (Wildman–Crippen MR) is 90.1 cm³/mol. The molecule has 0 aromatic heterocycles. The van der Waals surface area contributed by atoms with Crippen molar-refractivity contribution in [1.29, 1.82) is 0 Å². The largest absolute Gasteiger partial charge is 0.0997 e. The number of thiol groups is 1. The first-order chi connectivity index (χ1) is 8.41. The monoisotopic (exact) mass is 294 g/mol. The lowest BCUT2D eigenvalue weighted by Gasteiger charge is -2.02. The Bertz CT molecular complexity index is 115. The van der Waals surface area contributed by atoms with E-state index in [1.165, 1.54) is 82.8 Å². The summed E-state index contributed by atoms with van der Waals surface area (Å²) in [6.07, 6.45) is 17.3. The first kappa shape index (κ1) is 18.0. The molecule has 104 valence electrons. The fourth-order valence-electron chi connectivity index (χ4n) is 2.04. The van der Waals surface area contributed by atoms with Gasteiger partial charge in [0, 0.05) is 5.75 Å². The van der Waals surface area contributed by atoms with Gasteiger partial charge in [0.25, 0.3) is 0 Å². The standard InChI is InChI=1S/C14H30S3/c1-2-3-4-5-6-7-8-9-10-11-12-13-14-16-17-15/h15H,2-14H2,1H3. The Hall–Kier alpha value is 1.05. The Morgan fingerprint density at radius 1 is 0.647 bits per heavy atom. The Labute approximate surface area is 122 Å². The summed E-state index contributed by atoms with van der Waals surface area (Å²) in [6, 6.07) is 0. The van der Waals surface area contributed by atoms with E-state index in [0.29, 0.717) is 0 Å². The molecule has 0 saturated heterocycles. The van der Waals surface area contributed by atoms with Crippen molar-refractivity contribution in [2.45, 2.75) is 84.0 Å². The van der Waals surface area contributed by atoms with Crippen LogP contribution in [0.1, 0.15) is 84.0 Å². The predicted octanol–water partition coefficient (Wildman–Crippen LogP) is 6.91. The summed E-state index contributed by atoms with van der Waals surface area (Å²) >= 11 is 4.11. The molecule has 0 spiro atoms.